The number of aromatic nitrogens is 2. The summed E-state index contributed by atoms with van der Waals surface area (Å²) < 4.78 is 1.72. The van der Waals surface area contributed by atoms with E-state index in [4.69, 9.17) is 5.73 Å². The van der Waals surface area contributed by atoms with E-state index >= 15 is 0 Å². The Bertz CT molecular complexity index is 898. The molecule has 0 atom stereocenters. The van der Waals surface area contributed by atoms with Crippen LogP contribution < -0.4 is 5.73 Å². The zero-order valence-corrected chi connectivity index (χ0v) is 14.0. The van der Waals surface area contributed by atoms with E-state index in [9.17, 15) is 5.26 Å². The van der Waals surface area contributed by atoms with E-state index in [2.05, 4.69) is 61.4 Å². The largest absolute Gasteiger partial charge is 0.383 e. The first-order valence-corrected chi connectivity index (χ1v) is 7.93. The van der Waals surface area contributed by atoms with Gasteiger partial charge in [0.25, 0.3) is 0 Å². The quantitative estimate of drug-likeness (QED) is 0.799. The number of nitrogens with zero attached hydrogens (tertiary/aromatic N) is 3. The van der Waals surface area contributed by atoms with Crippen molar-refractivity contribution >= 4 is 5.82 Å². The lowest BCUT2D eigenvalue weighted by molar-refractivity contribution is 0.684. The smallest absolute Gasteiger partial charge is 0.140 e. The van der Waals surface area contributed by atoms with Crippen LogP contribution in [0.5, 0.6) is 0 Å². The van der Waals surface area contributed by atoms with E-state index in [1.54, 1.807) is 4.68 Å². The average molecular weight is 316 g/mol. The van der Waals surface area contributed by atoms with Crippen LogP contribution in [-0.2, 0) is 13.0 Å². The van der Waals surface area contributed by atoms with E-state index in [0.29, 0.717) is 24.3 Å². The summed E-state index contributed by atoms with van der Waals surface area (Å²) >= 11 is 0. The number of nitriles is 1. The molecule has 0 fully saturated rings. The van der Waals surface area contributed by atoms with Crippen LogP contribution >= 0.6 is 0 Å². The molecule has 0 aliphatic heterocycles. The van der Waals surface area contributed by atoms with Crippen LogP contribution in [0, 0.1) is 25.2 Å². The van der Waals surface area contributed by atoms with Gasteiger partial charge in [0.15, 0.2) is 0 Å². The number of hydrogen-bond acceptors (Lipinski definition) is 3. The molecule has 1 aromatic heterocycles. The molecular weight excluding hydrogens is 296 g/mol. The Morgan fingerprint density at radius 1 is 1.04 bits per heavy atom. The van der Waals surface area contributed by atoms with Crippen LogP contribution in [0.1, 0.15) is 33.5 Å². The summed E-state index contributed by atoms with van der Waals surface area (Å²) in [5, 5.41) is 14.1. The van der Waals surface area contributed by atoms with Crippen molar-refractivity contribution in [3.63, 3.8) is 0 Å². The topological polar surface area (TPSA) is 67.6 Å². The van der Waals surface area contributed by atoms with Crippen molar-refractivity contribution in [3.05, 3.63) is 82.0 Å². The van der Waals surface area contributed by atoms with Crippen LogP contribution in [0.4, 0.5) is 5.82 Å². The molecule has 2 N–H and O–H groups in total. The highest BCUT2D eigenvalue weighted by Crippen LogP contribution is 2.20. The molecule has 3 aromatic rings. The van der Waals surface area contributed by atoms with Gasteiger partial charge >= 0.3 is 0 Å². The zero-order chi connectivity index (χ0) is 17.1. The molecule has 24 heavy (non-hydrogen) atoms. The molecular formula is C20H20N4. The fourth-order valence-corrected chi connectivity index (χ4v) is 2.78. The number of hydrogen-bond donors (Lipinski definition) is 1. The van der Waals surface area contributed by atoms with Gasteiger partial charge in [-0.3, -0.25) is 0 Å². The fraction of sp³-hybridized carbons (Fsp3) is 0.200. The Morgan fingerprint density at radius 3 is 2.46 bits per heavy atom. The first-order valence-electron chi connectivity index (χ1n) is 7.93. The molecule has 0 aliphatic rings. The Hall–Kier alpha value is -3.06. The minimum atomic E-state index is 0.432. The predicted octanol–water partition coefficient (Wildman–Crippen LogP) is 3.59. The molecule has 4 heteroatoms. The van der Waals surface area contributed by atoms with Gasteiger partial charge in [-0.25, -0.2) is 4.68 Å². The second-order valence-corrected chi connectivity index (χ2v) is 6.13. The van der Waals surface area contributed by atoms with E-state index in [0.717, 1.165) is 16.8 Å². The predicted molar refractivity (Wildman–Crippen MR) is 95.6 cm³/mol. The molecule has 0 saturated carbocycles. The highest BCUT2D eigenvalue weighted by molar-refractivity contribution is 5.53. The van der Waals surface area contributed by atoms with Crippen molar-refractivity contribution in [1.29, 1.82) is 5.26 Å². The third-order valence-electron chi connectivity index (χ3n) is 4.08. The molecule has 0 spiro atoms. The van der Waals surface area contributed by atoms with E-state index < -0.39 is 0 Å². The molecule has 0 unspecified atom stereocenters. The van der Waals surface area contributed by atoms with Crippen molar-refractivity contribution in [3.8, 4) is 6.07 Å². The van der Waals surface area contributed by atoms with Crippen molar-refractivity contribution in [1.82, 2.24) is 9.78 Å². The van der Waals surface area contributed by atoms with Gasteiger partial charge in [0.05, 0.1) is 12.2 Å². The summed E-state index contributed by atoms with van der Waals surface area (Å²) in [5.41, 5.74) is 12.0. The number of benzene rings is 2. The lowest BCUT2D eigenvalue weighted by Gasteiger charge is -2.05. The Kier molecular flexibility index (Phi) is 4.35. The standard InChI is InChI=1S/C20H20N4/c1-14-6-8-16(9-7-14)11-19-18(12-21)20(22)24(23-19)13-17-5-3-4-15(2)10-17/h3-10H,11,13,22H2,1-2H3. The lowest BCUT2D eigenvalue weighted by Crippen LogP contribution is -2.06. The lowest BCUT2D eigenvalue weighted by atomic mass is 10.1. The normalized spacial score (nSPS) is 10.5. The van der Waals surface area contributed by atoms with Gasteiger partial charge in [0.1, 0.15) is 17.5 Å². The van der Waals surface area contributed by atoms with Gasteiger partial charge in [-0.15, -0.1) is 0 Å². The SMILES string of the molecule is Cc1ccc(Cc2nn(Cc3cccc(C)c3)c(N)c2C#N)cc1. The third-order valence-corrected chi connectivity index (χ3v) is 4.08. The Labute approximate surface area is 142 Å². The van der Waals surface area contributed by atoms with E-state index in [1.807, 2.05) is 12.1 Å². The van der Waals surface area contributed by atoms with Crippen molar-refractivity contribution in [2.24, 2.45) is 0 Å². The first-order chi connectivity index (χ1) is 11.6. The van der Waals surface area contributed by atoms with Gasteiger partial charge in [-0.05, 0) is 25.0 Å². The number of anilines is 1. The van der Waals surface area contributed by atoms with Crippen molar-refractivity contribution < 1.29 is 0 Å². The average Bonchev–Trinajstić information content (AvgIpc) is 2.84. The molecule has 0 bridgehead atoms. The second-order valence-electron chi connectivity index (χ2n) is 6.13. The Balaban J connectivity index is 1.91. The monoisotopic (exact) mass is 316 g/mol. The minimum absolute atomic E-state index is 0.432. The maximum Gasteiger partial charge on any atom is 0.140 e. The maximum absolute atomic E-state index is 9.46. The van der Waals surface area contributed by atoms with Gasteiger partial charge in [0.2, 0.25) is 0 Å². The van der Waals surface area contributed by atoms with Gasteiger partial charge in [-0.1, -0.05) is 59.7 Å². The highest BCUT2D eigenvalue weighted by atomic mass is 15.3. The summed E-state index contributed by atoms with van der Waals surface area (Å²) in [4.78, 5) is 0. The third kappa shape index (κ3) is 3.31. The van der Waals surface area contributed by atoms with Crippen LogP contribution in [0.25, 0.3) is 0 Å². The van der Waals surface area contributed by atoms with Gasteiger partial charge in [0, 0.05) is 6.42 Å². The zero-order valence-electron chi connectivity index (χ0n) is 14.0. The van der Waals surface area contributed by atoms with E-state index in [-0.39, 0.29) is 0 Å². The number of nitrogens with two attached hydrogens (primary N) is 1. The van der Waals surface area contributed by atoms with Gasteiger partial charge in [-0.2, -0.15) is 10.4 Å². The molecule has 0 aliphatic carbocycles. The van der Waals surface area contributed by atoms with Crippen LogP contribution in [-0.4, -0.2) is 9.78 Å². The van der Waals surface area contributed by atoms with Crippen molar-refractivity contribution in [2.45, 2.75) is 26.8 Å². The molecule has 0 amide bonds. The number of nitrogen functional groups attached to an aromatic ring is 1. The molecule has 2 aromatic carbocycles. The second kappa shape index (κ2) is 6.59. The van der Waals surface area contributed by atoms with Crippen LogP contribution in [0.15, 0.2) is 48.5 Å². The van der Waals surface area contributed by atoms with Gasteiger partial charge < -0.3 is 5.73 Å². The summed E-state index contributed by atoms with van der Waals surface area (Å²) in [6, 6.07) is 18.7. The number of aryl methyl sites for hydroxylation is 2. The summed E-state index contributed by atoms with van der Waals surface area (Å²) in [6.07, 6.45) is 0.605. The van der Waals surface area contributed by atoms with E-state index in [1.165, 1.54) is 11.1 Å². The molecule has 1 heterocycles. The first kappa shape index (κ1) is 15.8. The molecule has 3 rings (SSSR count). The summed E-state index contributed by atoms with van der Waals surface area (Å²) in [7, 11) is 0. The maximum atomic E-state index is 9.46. The number of rotatable bonds is 4. The van der Waals surface area contributed by atoms with Crippen LogP contribution in [0.3, 0.4) is 0 Å². The summed E-state index contributed by atoms with van der Waals surface area (Å²) in [5.74, 6) is 0.432. The molecule has 0 radical (unpaired) electrons. The molecule has 0 saturated heterocycles. The molecule has 4 nitrogen and oxygen atoms in total. The fourth-order valence-electron chi connectivity index (χ4n) is 2.78. The summed E-state index contributed by atoms with van der Waals surface area (Å²) in [6.45, 7) is 4.68. The minimum Gasteiger partial charge on any atom is -0.383 e. The Morgan fingerprint density at radius 2 is 1.79 bits per heavy atom. The van der Waals surface area contributed by atoms with Crippen molar-refractivity contribution in [2.75, 3.05) is 5.73 Å². The van der Waals surface area contributed by atoms with Crippen LogP contribution in [0.2, 0.25) is 0 Å². The highest BCUT2D eigenvalue weighted by Gasteiger charge is 2.16. The molecule has 120 valence electrons.